The molecule has 6 N–H and O–H groups in total. The van der Waals surface area contributed by atoms with E-state index >= 15 is 0 Å². The van der Waals surface area contributed by atoms with E-state index in [2.05, 4.69) is 10.8 Å². The number of carbonyl (C=O) groups is 4. The first-order valence-corrected chi connectivity index (χ1v) is 9.94. The van der Waals surface area contributed by atoms with Crippen molar-refractivity contribution in [2.24, 2.45) is 5.92 Å². The van der Waals surface area contributed by atoms with Crippen molar-refractivity contribution in [2.75, 3.05) is 52.9 Å². The second-order valence-corrected chi connectivity index (χ2v) is 6.49. The van der Waals surface area contributed by atoms with Gasteiger partial charge >= 0.3 is 23.9 Å². The lowest BCUT2D eigenvalue weighted by Crippen LogP contribution is -2.40. The SMILES string of the molecule is O=C(O)CC(CCCOCNOCCOCCOCCNC(CC(=O)O)C(=O)O)C(=O)O. The van der Waals surface area contributed by atoms with Gasteiger partial charge in [0.25, 0.3) is 0 Å². The predicted molar refractivity (Wildman–Crippen MR) is 106 cm³/mol. The minimum Gasteiger partial charge on any atom is -0.481 e. The van der Waals surface area contributed by atoms with Gasteiger partial charge in [-0.3, -0.25) is 24.0 Å². The standard InChI is InChI=1S/C18H32N2O12/c21-15(22)10-13(17(25)26)2-1-4-31-12-20-32-9-8-30-7-6-29-5-3-19-14(18(27)28)11-16(23)24/h13-14,19-20H,1-12H2,(H,21,22)(H,23,24)(H,25,26)(H,27,28). The molecule has 0 bridgehead atoms. The van der Waals surface area contributed by atoms with Gasteiger partial charge < -0.3 is 40.0 Å². The zero-order valence-corrected chi connectivity index (χ0v) is 17.7. The van der Waals surface area contributed by atoms with Crippen molar-refractivity contribution in [1.29, 1.82) is 0 Å². The Balaban J connectivity index is 3.42. The summed E-state index contributed by atoms with van der Waals surface area (Å²) in [6.45, 7) is 1.80. The molecule has 0 fully saturated rings. The quantitative estimate of drug-likeness (QED) is 0.0603. The summed E-state index contributed by atoms with van der Waals surface area (Å²) in [4.78, 5) is 47.9. The lowest BCUT2D eigenvalue weighted by atomic mass is 10.0. The summed E-state index contributed by atoms with van der Waals surface area (Å²) in [5, 5.41) is 37.6. The fourth-order valence-corrected chi connectivity index (χ4v) is 2.33. The van der Waals surface area contributed by atoms with E-state index in [9.17, 15) is 19.2 Å². The number of aliphatic carboxylic acids is 4. The van der Waals surface area contributed by atoms with Crippen LogP contribution in [0.1, 0.15) is 25.7 Å². The summed E-state index contributed by atoms with van der Waals surface area (Å²) < 4.78 is 15.7. The van der Waals surface area contributed by atoms with E-state index in [1.807, 2.05) is 0 Å². The van der Waals surface area contributed by atoms with Crippen LogP contribution >= 0.6 is 0 Å². The maximum atomic E-state index is 10.9. The third-order valence-corrected chi connectivity index (χ3v) is 3.89. The smallest absolute Gasteiger partial charge is 0.321 e. The minimum atomic E-state index is -1.24. The normalized spacial score (nSPS) is 12.9. The number of carboxylic acids is 4. The molecule has 0 aromatic rings. The van der Waals surface area contributed by atoms with Gasteiger partial charge in [0.2, 0.25) is 0 Å². The Morgan fingerprint density at radius 3 is 1.94 bits per heavy atom. The fourth-order valence-electron chi connectivity index (χ4n) is 2.33. The van der Waals surface area contributed by atoms with Crippen LogP contribution in [0, 0.1) is 5.92 Å². The van der Waals surface area contributed by atoms with Crippen LogP contribution < -0.4 is 10.8 Å². The fraction of sp³-hybridized carbons (Fsp3) is 0.778. The summed E-state index contributed by atoms with van der Waals surface area (Å²) in [5.41, 5.74) is 2.54. The van der Waals surface area contributed by atoms with Gasteiger partial charge in [-0.1, -0.05) is 0 Å². The Labute approximate surface area is 184 Å². The van der Waals surface area contributed by atoms with E-state index in [1.165, 1.54) is 0 Å². The van der Waals surface area contributed by atoms with Crippen molar-refractivity contribution in [2.45, 2.75) is 31.7 Å². The molecule has 2 atom stereocenters. The molecule has 0 spiro atoms. The van der Waals surface area contributed by atoms with Crippen LogP contribution in [0.3, 0.4) is 0 Å². The van der Waals surface area contributed by atoms with E-state index in [0.717, 1.165) is 0 Å². The first-order valence-electron chi connectivity index (χ1n) is 9.94. The largest absolute Gasteiger partial charge is 0.481 e. The molecule has 186 valence electrons. The van der Waals surface area contributed by atoms with Crippen LogP contribution in [-0.2, 0) is 38.2 Å². The Bertz CT molecular complexity index is 512. The van der Waals surface area contributed by atoms with E-state index in [1.54, 1.807) is 0 Å². The van der Waals surface area contributed by atoms with Gasteiger partial charge in [-0.15, -0.1) is 0 Å². The average Bonchev–Trinajstić information content (AvgIpc) is 2.70. The molecule has 0 saturated heterocycles. The number of nitrogens with one attached hydrogen (secondary N) is 2. The first-order chi connectivity index (χ1) is 15.2. The maximum Gasteiger partial charge on any atom is 0.321 e. The average molecular weight is 468 g/mol. The molecule has 2 unspecified atom stereocenters. The minimum absolute atomic E-state index is 0.0754. The molecule has 0 aromatic carbocycles. The molecule has 32 heavy (non-hydrogen) atoms. The number of carboxylic acid groups (broad SMARTS) is 4. The Morgan fingerprint density at radius 1 is 0.719 bits per heavy atom. The van der Waals surface area contributed by atoms with E-state index in [0.29, 0.717) is 13.0 Å². The molecule has 0 aliphatic heterocycles. The molecule has 0 amide bonds. The molecule has 0 aliphatic rings. The lowest BCUT2D eigenvalue weighted by molar-refractivity contribution is -0.148. The Morgan fingerprint density at radius 2 is 1.34 bits per heavy atom. The van der Waals surface area contributed by atoms with Gasteiger partial charge in [0.15, 0.2) is 0 Å². The van der Waals surface area contributed by atoms with Crippen molar-refractivity contribution in [1.82, 2.24) is 10.8 Å². The molecule has 0 heterocycles. The first kappa shape index (κ1) is 29.6. The molecule has 14 nitrogen and oxygen atoms in total. The van der Waals surface area contributed by atoms with Crippen LogP contribution in [0.2, 0.25) is 0 Å². The summed E-state index contributed by atoms with van der Waals surface area (Å²) in [5.74, 6) is -5.67. The third kappa shape index (κ3) is 18.4. The second kappa shape index (κ2) is 19.3. The number of rotatable bonds is 23. The van der Waals surface area contributed by atoms with Gasteiger partial charge in [-0.2, -0.15) is 5.48 Å². The van der Waals surface area contributed by atoms with Gasteiger partial charge in [0, 0.05) is 13.2 Å². The second-order valence-electron chi connectivity index (χ2n) is 6.49. The molecule has 0 saturated carbocycles. The Hall–Kier alpha value is -2.36. The highest BCUT2D eigenvalue weighted by Crippen LogP contribution is 2.11. The van der Waals surface area contributed by atoms with Crippen LogP contribution in [0.5, 0.6) is 0 Å². The van der Waals surface area contributed by atoms with E-state index in [4.69, 9.17) is 39.5 Å². The summed E-state index contributed by atoms with van der Waals surface area (Å²) in [6, 6.07) is -1.17. The third-order valence-electron chi connectivity index (χ3n) is 3.89. The molecule has 14 heteroatoms. The molecule has 0 radical (unpaired) electrons. The summed E-state index contributed by atoms with van der Waals surface area (Å²) >= 11 is 0. The molecular weight excluding hydrogens is 436 g/mol. The molecular formula is C18H32N2O12. The Kier molecular flexibility index (Phi) is 17.9. The zero-order valence-electron chi connectivity index (χ0n) is 17.7. The highest BCUT2D eigenvalue weighted by Gasteiger charge is 2.20. The van der Waals surface area contributed by atoms with Crippen LogP contribution in [0.25, 0.3) is 0 Å². The van der Waals surface area contributed by atoms with Crippen LogP contribution in [-0.4, -0.2) is 103 Å². The highest BCUT2D eigenvalue weighted by molar-refractivity contribution is 5.80. The number of hydroxylamine groups is 1. The number of hydrogen-bond acceptors (Lipinski definition) is 10. The molecule has 0 aliphatic carbocycles. The predicted octanol–water partition coefficient (Wildman–Crippen LogP) is -1.01. The summed E-state index contributed by atoms with van der Waals surface area (Å²) in [7, 11) is 0. The number of ether oxygens (including phenoxy) is 3. The van der Waals surface area contributed by atoms with E-state index < -0.39 is 48.7 Å². The van der Waals surface area contributed by atoms with Crippen LogP contribution in [0.15, 0.2) is 0 Å². The van der Waals surface area contributed by atoms with Crippen molar-refractivity contribution >= 4 is 23.9 Å². The number of hydrogen-bond donors (Lipinski definition) is 6. The van der Waals surface area contributed by atoms with Crippen molar-refractivity contribution < 1.29 is 58.7 Å². The van der Waals surface area contributed by atoms with Crippen LogP contribution in [0.4, 0.5) is 0 Å². The van der Waals surface area contributed by atoms with Crippen molar-refractivity contribution in [3.63, 3.8) is 0 Å². The topological polar surface area (TPSA) is 210 Å². The maximum absolute atomic E-state index is 10.9. The highest BCUT2D eigenvalue weighted by atomic mass is 16.7. The van der Waals surface area contributed by atoms with Gasteiger partial charge in [0.1, 0.15) is 12.8 Å². The van der Waals surface area contributed by atoms with E-state index in [-0.39, 0.29) is 52.7 Å². The van der Waals surface area contributed by atoms with Gasteiger partial charge in [0.05, 0.1) is 51.8 Å². The lowest BCUT2D eigenvalue weighted by Gasteiger charge is -2.12. The van der Waals surface area contributed by atoms with Crippen molar-refractivity contribution in [3.05, 3.63) is 0 Å². The van der Waals surface area contributed by atoms with Gasteiger partial charge in [-0.05, 0) is 12.8 Å². The summed E-state index contributed by atoms with van der Waals surface area (Å²) in [6.07, 6.45) is -0.329. The van der Waals surface area contributed by atoms with Crippen molar-refractivity contribution in [3.8, 4) is 0 Å². The monoisotopic (exact) mass is 468 g/mol. The molecule has 0 aromatic heterocycles. The zero-order chi connectivity index (χ0) is 24.2. The molecule has 0 rings (SSSR count). The van der Waals surface area contributed by atoms with Gasteiger partial charge in [-0.25, -0.2) is 0 Å².